The molecule has 0 amide bonds. The summed E-state index contributed by atoms with van der Waals surface area (Å²) < 4.78 is 0. The Labute approximate surface area is 163 Å². The van der Waals surface area contributed by atoms with Crippen molar-refractivity contribution < 1.29 is 4.79 Å². The molecule has 0 aliphatic carbocycles. The van der Waals surface area contributed by atoms with Crippen LogP contribution in [0.5, 0.6) is 0 Å². The highest BCUT2D eigenvalue weighted by Crippen LogP contribution is 2.14. The van der Waals surface area contributed by atoms with Crippen molar-refractivity contribution in [1.29, 1.82) is 0 Å². The zero-order valence-electron chi connectivity index (χ0n) is 17.5. The van der Waals surface area contributed by atoms with Crippen LogP contribution in [0.15, 0.2) is 5.70 Å². The Morgan fingerprint density at radius 3 is 1.69 bits per heavy atom. The summed E-state index contributed by atoms with van der Waals surface area (Å²) in [5, 5.41) is 3.23. The van der Waals surface area contributed by atoms with Gasteiger partial charge >= 0.3 is 0 Å². The second-order valence-corrected chi connectivity index (χ2v) is 8.02. The molecule has 26 heavy (non-hydrogen) atoms. The van der Waals surface area contributed by atoms with Crippen LogP contribution in [0.25, 0.3) is 0 Å². The molecular formula is C23H44N2O. The standard InChI is InChI=1S/C23H44N2O/c1-2-3-4-5-6-7-8-9-10-11-12-13-14-15-16-17-19-25-20-18-24-21-23(25)22-26/h24H,2-21H2,1H3. The molecule has 0 saturated carbocycles. The summed E-state index contributed by atoms with van der Waals surface area (Å²) in [5.41, 5.74) is 0.817. The van der Waals surface area contributed by atoms with Gasteiger partial charge in [-0.15, -0.1) is 0 Å². The van der Waals surface area contributed by atoms with Crippen LogP contribution in [0.2, 0.25) is 0 Å². The zero-order chi connectivity index (χ0) is 18.7. The smallest absolute Gasteiger partial charge is 0.147 e. The summed E-state index contributed by atoms with van der Waals surface area (Å²) in [4.78, 5) is 13.1. The summed E-state index contributed by atoms with van der Waals surface area (Å²) in [5.74, 6) is 2.09. The molecule has 152 valence electrons. The Balaban J connectivity index is 1.76. The predicted octanol–water partition coefficient (Wildman–Crippen LogP) is 5.87. The molecule has 3 nitrogen and oxygen atoms in total. The van der Waals surface area contributed by atoms with E-state index in [2.05, 4.69) is 23.1 Å². The van der Waals surface area contributed by atoms with Crippen molar-refractivity contribution >= 4 is 5.94 Å². The van der Waals surface area contributed by atoms with Crippen molar-refractivity contribution in [2.45, 2.75) is 110 Å². The van der Waals surface area contributed by atoms with Crippen molar-refractivity contribution in [1.82, 2.24) is 10.2 Å². The van der Waals surface area contributed by atoms with Gasteiger partial charge in [0.1, 0.15) is 11.6 Å². The van der Waals surface area contributed by atoms with Gasteiger partial charge in [0.05, 0.1) is 0 Å². The first-order valence-corrected chi connectivity index (χ1v) is 11.6. The van der Waals surface area contributed by atoms with Gasteiger partial charge < -0.3 is 10.2 Å². The van der Waals surface area contributed by atoms with Gasteiger partial charge in [0.2, 0.25) is 0 Å². The second-order valence-electron chi connectivity index (χ2n) is 8.02. The molecule has 0 spiro atoms. The van der Waals surface area contributed by atoms with E-state index < -0.39 is 0 Å². The fourth-order valence-corrected chi connectivity index (χ4v) is 3.87. The minimum atomic E-state index is 0.697. The molecule has 1 N–H and O–H groups in total. The zero-order valence-corrected chi connectivity index (χ0v) is 17.5. The Morgan fingerprint density at radius 1 is 0.769 bits per heavy atom. The molecule has 0 atom stereocenters. The highest BCUT2D eigenvalue weighted by molar-refractivity contribution is 5.52. The first-order valence-electron chi connectivity index (χ1n) is 11.6. The third kappa shape index (κ3) is 12.5. The molecular weight excluding hydrogens is 320 g/mol. The Kier molecular flexibility index (Phi) is 15.8. The number of hydrogen-bond donors (Lipinski definition) is 1. The summed E-state index contributed by atoms with van der Waals surface area (Å²) >= 11 is 0. The Bertz CT molecular complexity index is 363. The maximum atomic E-state index is 10.9. The molecule has 0 bridgehead atoms. The number of piperazine rings is 1. The van der Waals surface area contributed by atoms with Crippen LogP contribution < -0.4 is 5.32 Å². The summed E-state index contributed by atoms with van der Waals surface area (Å²) in [6.45, 7) is 5.97. The Morgan fingerprint density at radius 2 is 1.23 bits per heavy atom. The maximum absolute atomic E-state index is 10.9. The SMILES string of the molecule is CCCCCCCCCCCCCCCCCCN1CCNCC1=C=O. The molecule has 1 heterocycles. The molecule has 0 aromatic carbocycles. The van der Waals surface area contributed by atoms with Gasteiger partial charge in [0.15, 0.2) is 0 Å². The Hall–Kier alpha value is -0.790. The van der Waals surface area contributed by atoms with E-state index in [4.69, 9.17) is 0 Å². The molecule has 1 fully saturated rings. The van der Waals surface area contributed by atoms with E-state index >= 15 is 0 Å². The maximum Gasteiger partial charge on any atom is 0.147 e. The molecule has 0 unspecified atom stereocenters. The van der Waals surface area contributed by atoms with E-state index in [1.807, 2.05) is 0 Å². The van der Waals surface area contributed by atoms with Gasteiger partial charge in [0, 0.05) is 26.2 Å². The average Bonchev–Trinajstić information content (AvgIpc) is 2.68. The van der Waals surface area contributed by atoms with Crippen molar-refractivity contribution in [3.8, 4) is 0 Å². The largest absolute Gasteiger partial charge is 0.364 e. The van der Waals surface area contributed by atoms with E-state index in [0.29, 0.717) is 6.54 Å². The van der Waals surface area contributed by atoms with Gasteiger partial charge in [-0.25, -0.2) is 4.79 Å². The van der Waals surface area contributed by atoms with Gasteiger partial charge in [-0.3, -0.25) is 0 Å². The number of nitrogens with zero attached hydrogens (tertiary/aromatic N) is 1. The molecule has 1 aliphatic rings. The lowest BCUT2D eigenvalue weighted by Crippen LogP contribution is -2.42. The lowest BCUT2D eigenvalue weighted by atomic mass is 10.0. The number of hydrogen-bond acceptors (Lipinski definition) is 3. The lowest BCUT2D eigenvalue weighted by Gasteiger charge is -2.29. The van der Waals surface area contributed by atoms with Crippen LogP contribution in [-0.2, 0) is 4.79 Å². The minimum Gasteiger partial charge on any atom is -0.364 e. The van der Waals surface area contributed by atoms with E-state index in [-0.39, 0.29) is 0 Å². The molecule has 0 aromatic rings. The van der Waals surface area contributed by atoms with E-state index in [0.717, 1.165) is 25.3 Å². The first kappa shape index (κ1) is 23.2. The number of nitrogens with one attached hydrogen (secondary N) is 1. The highest BCUT2D eigenvalue weighted by atomic mass is 16.1. The third-order valence-electron chi connectivity index (χ3n) is 5.63. The summed E-state index contributed by atoms with van der Waals surface area (Å²) in [6.07, 6.45) is 22.4. The quantitative estimate of drug-likeness (QED) is 0.259. The number of unbranched alkanes of at least 4 members (excludes halogenated alkanes) is 15. The van der Waals surface area contributed by atoms with E-state index in [9.17, 15) is 4.79 Å². The minimum absolute atomic E-state index is 0.697. The average molecular weight is 365 g/mol. The molecule has 1 aliphatic heterocycles. The van der Waals surface area contributed by atoms with Crippen molar-refractivity contribution in [2.24, 2.45) is 0 Å². The van der Waals surface area contributed by atoms with Gasteiger partial charge in [-0.05, 0) is 6.42 Å². The van der Waals surface area contributed by atoms with Gasteiger partial charge in [-0.2, -0.15) is 0 Å². The summed E-state index contributed by atoms with van der Waals surface area (Å²) in [7, 11) is 0. The topological polar surface area (TPSA) is 32.3 Å². The fourth-order valence-electron chi connectivity index (χ4n) is 3.87. The third-order valence-corrected chi connectivity index (χ3v) is 5.63. The molecule has 1 saturated heterocycles. The van der Waals surface area contributed by atoms with E-state index in [1.54, 1.807) is 0 Å². The highest BCUT2D eigenvalue weighted by Gasteiger charge is 2.14. The van der Waals surface area contributed by atoms with Crippen molar-refractivity contribution in [3.05, 3.63) is 5.70 Å². The van der Waals surface area contributed by atoms with Crippen LogP contribution in [-0.4, -0.2) is 37.0 Å². The normalized spacial score (nSPS) is 14.7. The number of rotatable bonds is 17. The molecule has 1 rings (SSSR count). The monoisotopic (exact) mass is 364 g/mol. The molecule has 0 aromatic heterocycles. The fraction of sp³-hybridized carbons (Fsp3) is 0.913. The van der Waals surface area contributed by atoms with Crippen LogP contribution in [0.1, 0.15) is 110 Å². The van der Waals surface area contributed by atoms with Crippen LogP contribution >= 0.6 is 0 Å². The molecule has 3 heteroatoms. The van der Waals surface area contributed by atoms with Crippen molar-refractivity contribution in [2.75, 3.05) is 26.2 Å². The van der Waals surface area contributed by atoms with Crippen LogP contribution in [0.3, 0.4) is 0 Å². The van der Waals surface area contributed by atoms with E-state index in [1.165, 1.54) is 103 Å². The van der Waals surface area contributed by atoms with Gasteiger partial charge in [0.25, 0.3) is 0 Å². The first-order chi connectivity index (χ1) is 12.9. The lowest BCUT2D eigenvalue weighted by molar-refractivity contribution is 0.296. The second kappa shape index (κ2) is 17.6. The van der Waals surface area contributed by atoms with Crippen LogP contribution in [0, 0.1) is 0 Å². The van der Waals surface area contributed by atoms with Gasteiger partial charge in [-0.1, -0.05) is 103 Å². The molecule has 0 radical (unpaired) electrons. The van der Waals surface area contributed by atoms with Crippen LogP contribution in [0.4, 0.5) is 0 Å². The predicted molar refractivity (Wildman–Crippen MR) is 113 cm³/mol. The summed E-state index contributed by atoms with van der Waals surface area (Å²) in [6, 6.07) is 0. The van der Waals surface area contributed by atoms with Crippen molar-refractivity contribution in [3.63, 3.8) is 0 Å². The number of carbonyl (C=O) groups excluding carboxylic acids is 1.